The van der Waals surface area contributed by atoms with Gasteiger partial charge in [0.1, 0.15) is 0 Å². The molecule has 0 heterocycles. The molecule has 0 bridgehead atoms. The van der Waals surface area contributed by atoms with Gasteiger partial charge in [-0.15, -0.1) is 0 Å². The average Bonchev–Trinajstić information content (AvgIpc) is 2.48. The van der Waals surface area contributed by atoms with E-state index in [1.165, 1.54) is 16.7 Å². The van der Waals surface area contributed by atoms with Crippen LogP contribution < -0.4 is 0 Å². The lowest BCUT2D eigenvalue weighted by Gasteiger charge is -2.25. The summed E-state index contributed by atoms with van der Waals surface area (Å²) in [5.41, 5.74) is 3.81. The Hall–Kier alpha value is -1.64. The first-order valence-corrected chi connectivity index (χ1v) is 8.17. The summed E-state index contributed by atoms with van der Waals surface area (Å²) in [6, 6.07) is 18.8. The normalized spacial score (nSPS) is 12.5. The van der Waals surface area contributed by atoms with E-state index in [-0.39, 0.29) is 6.10 Å². The number of rotatable bonds is 8. The Bertz CT molecular complexity index is 553. The number of aliphatic hydroxyl groups is 1. The molecule has 0 radical (unpaired) electrons. The first-order valence-electron chi connectivity index (χ1n) is 8.17. The van der Waals surface area contributed by atoms with Crippen molar-refractivity contribution in [3.8, 4) is 0 Å². The number of hydrogen-bond acceptors (Lipinski definition) is 2. The first kappa shape index (κ1) is 16.7. The Kier molecular flexibility index (Phi) is 6.63. The molecule has 0 saturated heterocycles. The molecule has 0 aliphatic heterocycles. The predicted molar refractivity (Wildman–Crippen MR) is 92.9 cm³/mol. The molecule has 2 heteroatoms. The molecular formula is C20H27NO. The van der Waals surface area contributed by atoms with Gasteiger partial charge in [0.05, 0.1) is 6.10 Å². The van der Waals surface area contributed by atoms with Crippen LogP contribution in [0.4, 0.5) is 0 Å². The maximum absolute atomic E-state index is 10.4. The largest absolute Gasteiger partial charge is 0.391 e. The van der Waals surface area contributed by atoms with E-state index in [4.69, 9.17) is 0 Å². The molecule has 0 aliphatic rings. The van der Waals surface area contributed by atoms with Crippen LogP contribution in [0.1, 0.15) is 30.0 Å². The molecule has 22 heavy (non-hydrogen) atoms. The Morgan fingerprint density at radius 1 is 1.00 bits per heavy atom. The first-order chi connectivity index (χ1) is 10.7. The van der Waals surface area contributed by atoms with Crippen molar-refractivity contribution < 1.29 is 5.11 Å². The fraction of sp³-hybridized carbons (Fsp3) is 0.400. The maximum Gasteiger partial charge on any atom is 0.0707 e. The van der Waals surface area contributed by atoms with Gasteiger partial charge in [-0.2, -0.15) is 0 Å². The van der Waals surface area contributed by atoms with Crippen molar-refractivity contribution in [2.45, 2.75) is 39.3 Å². The highest BCUT2D eigenvalue weighted by Gasteiger charge is 2.12. The van der Waals surface area contributed by atoms with E-state index >= 15 is 0 Å². The SMILES string of the molecule is CCCN(Cc1cccc(C)c1)CC(O)Cc1ccccc1. The van der Waals surface area contributed by atoms with E-state index in [1.807, 2.05) is 18.2 Å². The van der Waals surface area contributed by atoms with Gasteiger partial charge in [-0.25, -0.2) is 0 Å². The quantitative estimate of drug-likeness (QED) is 0.801. The lowest BCUT2D eigenvalue weighted by molar-refractivity contribution is 0.108. The molecule has 0 spiro atoms. The van der Waals surface area contributed by atoms with Gasteiger partial charge in [0, 0.05) is 13.1 Å². The van der Waals surface area contributed by atoms with Gasteiger partial charge in [-0.3, -0.25) is 4.90 Å². The van der Waals surface area contributed by atoms with Crippen LogP contribution in [0, 0.1) is 6.92 Å². The molecule has 1 atom stereocenters. The van der Waals surface area contributed by atoms with Crippen LogP contribution in [0.3, 0.4) is 0 Å². The standard InChI is InChI=1S/C20H27NO/c1-3-12-21(15-19-11-7-8-17(2)13-19)16-20(22)14-18-9-5-4-6-10-18/h4-11,13,20,22H,3,12,14-16H2,1-2H3. The molecule has 0 saturated carbocycles. The number of benzene rings is 2. The molecule has 2 rings (SSSR count). The minimum atomic E-state index is -0.321. The van der Waals surface area contributed by atoms with Gasteiger partial charge in [-0.1, -0.05) is 67.1 Å². The van der Waals surface area contributed by atoms with Crippen molar-refractivity contribution >= 4 is 0 Å². The molecule has 0 fully saturated rings. The maximum atomic E-state index is 10.4. The summed E-state index contributed by atoms with van der Waals surface area (Å²) in [4.78, 5) is 2.35. The average molecular weight is 297 g/mol. The lowest BCUT2D eigenvalue weighted by Crippen LogP contribution is -2.33. The molecule has 2 aromatic rings. The highest BCUT2D eigenvalue weighted by atomic mass is 16.3. The Balaban J connectivity index is 1.93. The number of nitrogens with zero attached hydrogens (tertiary/aromatic N) is 1. The van der Waals surface area contributed by atoms with Crippen molar-refractivity contribution in [3.63, 3.8) is 0 Å². The summed E-state index contributed by atoms with van der Waals surface area (Å²) in [6.07, 6.45) is 1.50. The van der Waals surface area contributed by atoms with Gasteiger partial charge in [0.2, 0.25) is 0 Å². The summed E-state index contributed by atoms with van der Waals surface area (Å²) < 4.78 is 0. The second-order valence-electron chi connectivity index (χ2n) is 6.07. The summed E-state index contributed by atoms with van der Waals surface area (Å²) >= 11 is 0. The highest BCUT2D eigenvalue weighted by molar-refractivity contribution is 5.22. The minimum Gasteiger partial charge on any atom is -0.391 e. The molecule has 0 amide bonds. The molecule has 0 aliphatic carbocycles. The Morgan fingerprint density at radius 2 is 1.73 bits per heavy atom. The van der Waals surface area contributed by atoms with Crippen LogP contribution in [-0.4, -0.2) is 29.2 Å². The predicted octanol–water partition coefficient (Wildman–Crippen LogP) is 3.81. The molecule has 2 nitrogen and oxygen atoms in total. The zero-order chi connectivity index (χ0) is 15.8. The number of aryl methyl sites for hydroxylation is 1. The van der Waals surface area contributed by atoms with Crippen LogP contribution in [0.5, 0.6) is 0 Å². The topological polar surface area (TPSA) is 23.5 Å². The van der Waals surface area contributed by atoms with E-state index in [9.17, 15) is 5.11 Å². The summed E-state index contributed by atoms with van der Waals surface area (Å²) in [5, 5.41) is 10.4. The van der Waals surface area contributed by atoms with Gasteiger partial charge in [0.15, 0.2) is 0 Å². The molecule has 0 aromatic heterocycles. The summed E-state index contributed by atoms with van der Waals surface area (Å²) in [7, 11) is 0. The van der Waals surface area contributed by atoms with Crippen LogP contribution in [0.25, 0.3) is 0 Å². The Labute approximate surface area is 134 Å². The van der Waals surface area contributed by atoms with E-state index in [0.29, 0.717) is 0 Å². The van der Waals surface area contributed by atoms with Crippen molar-refractivity contribution in [1.29, 1.82) is 0 Å². The van der Waals surface area contributed by atoms with Crippen LogP contribution in [-0.2, 0) is 13.0 Å². The van der Waals surface area contributed by atoms with Crippen molar-refractivity contribution in [2.75, 3.05) is 13.1 Å². The third kappa shape index (κ3) is 5.63. The smallest absolute Gasteiger partial charge is 0.0707 e. The lowest BCUT2D eigenvalue weighted by atomic mass is 10.1. The number of hydrogen-bond donors (Lipinski definition) is 1. The highest BCUT2D eigenvalue weighted by Crippen LogP contribution is 2.10. The zero-order valence-electron chi connectivity index (χ0n) is 13.7. The molecule has 118 valence electrons. The molecular weight excluding hydrogens is 270 g/mol. The van der Waals surface area contributed by atoms with Crippen molar-refractivity contribution in [2.24, 2.45) is 0 Å². The number of aliphatic hydroxyl groups excluding tert-OH is 1. The Morgan fingerprint density at radius 3 is 2.41 bits per heavy atom. The fourth-order valence-corrected chi connectivity index (χ4v) is 2.87. The minimum absolute atomic E-state index is 0.321. The molecule has 1 N–H and O–H groups in total. The third-order valence-corrected chi connectivity index (χ3v) is 3.81. The monoisotopic (exact) mass is 297 g/mol. The zero-order valence-corrected chi connectivity index (χ0v) is 13.7. The van der Waals surface area contributed by atoms with Crippen LogP contribution in [0.15, 0.2) is 54.6 Å². The van der Waals surface area contributed by atoms with Crippen LogP contribution >= 0.6 is 0 Å². The second kappa shape index (κ2) is 8.72. The van der Waals surface area contributed by atoms with Gasteiger partial charge < -0.3 is 5.11 Å². The van der Waals surface area contributed by atoms with Gasteiger partial charge >= 0.3 is 0 Å². The van der Waals surface area contributed by atoms with E-state index in [1.54, 1.807) is 0 Å². The van der Waals surface area contributed by atoms with Crippen LogP contribution in [0.2, 0.25) is 0 Å². The molecule has 2 aromatic carbocycles. The fourth-order valence-electron chi connectivity index (χ4n) is 2.87. The van der Waals surface area contributed by atoms with Gasteiger partial charge in [0.25, 0.3) is 0 Å². The van der Waals surface area contributed by atoms with Crippen molar-refractivity contribution in [1.82, 2.24) is 4.90 Å². The van der Waals surface area contributed by atoms with E-state index in [0.717, 1.165) is 32.5 Å². The van der Waals surface area contributed by atoms with E-state index in [2.05, 4.69) is 55.1 Å². The van der Waals surface area contributed by atoms with Gasteiger partial charge in [-0.05, 0) is 37.4 Å². The van der Waals surface area contributed by atoms with Crippen molar-refractivity contribution in [3.05, 3.63) is 71.3 Å². The summed E-state index contributed by atoms with van der Waals surface area (Å²) in [6.45, 7) is 6.95. The second-order valence-corrected chi connectivity index (χ2v) is 6.07. The third-order valence-electron chi connectivity index (χ3n) is 3.81. The molecule has 1 unspecified atom stereocenters. The van der Waals surface area contributed by atoms with E-state index < -0.39 is 0 Å². The summed E-state index contributed by atoms with van der Waals surface area (Å²) in [5.74, 6) is 0.